The molecule has 140 valence electrons. The van der Waals surface area contributed by atoms with E-state index in [9.17, 15) is 22.4 Å². The molecule has 1 aliphatic rings. The van der Waals surface area contributed by atoms with Crippen molar-refractivity contribution in [2.75, 3.05) is 32.7 Å². The summed E-state index contributed by atoms with van der Waals surface area (Å²) in [4.78, 5) is 14.9. The molecule has 1 amide bonds. The molecule has 0 aromatic carbocycles. The molecule has 2 rings (SSSR count). The summed E-state index contributed by atoms with van der Waals surface area (Å²) in [6.45, 7) is -0.201. The van der Waals surface area contributed by atoms with Crippen LogP contribution < -0.4 is 5.73 Å². The second kappa shape index (κ2) is 9.45. The first-order chi connectivity index (χ1) is 10.3. The largest absolute Gasteiger partial charge is 0.467 e. The molecule has 11 heteroatoms. The summed E-state index contributed by atoms with van der Waals surface area (Å²) in [6, 6.07) is 1.53. The summed E-state index contributed by atoms with van der Waals surface area (Å²) in [7, 11) is 0. The van der Waals surface area contributed by atoms with Crippen molar-refractivity contribution in [2.24, 2.45) is 5.73 Å². The highest BCUT2D eigenvalue weighted by Gasteiger charge is 2.42. The molecular weight excluding hydrogens is 377 g/mol. The Morgan fingerprint density at radius 3 is 2.29 bits per heavy atom. The summed E-state index contributed by atoms with van der Waals surface area (Å²) >= 11 is 0. The van der Waals surface area contributed by atoms with E-state index in [1.807, 2.05) is 0 Å². The number of amides is 1. The number of hydrogen-bond acceptors (Lipinski definition) is 4. The lowest BCUT2D eigenvalue weighted by Gasteiger charge is -2.36. The van der Waals surface area contributed by atoms with Crippen molar-refractivity contribution >= 4 is 30.7 Å². The number of carbonyl (C=O) groups excluding carboxylic acids is 1. The van der Waals surface area contributed by atoms with Crippen molar-refractivity contribution < 1.29 is 26.8 Å². The first kappa shape index (κ1) is 23.0. The SMILES string of the molecule is Cl.Cl.NCc1cc(C(=O)N2CCN(CC(F)(F)C(F)F)CC2)co1. The first-order valence-corrected chi connectivity index (χ1v) is 6.78. The Labute approximate surface area is 148 Å². The van der Waals surface area contributed by atoms with Crippen LogP contribution in [0.15, 0.2) is 16.7 Å². The Balaban J connectivity index is 0.00000264. The van der Waals surface area contributed by atoms with E-state index in [0.29, 0.717) is 11.3 Å². The van der Waals surface area contributed by atoms with Gasteiger partial charge in [-0.15, -0.1) is 24.8 Å². The van der Waals surface area contributed by atoms with E-state index in [1.54, 1.807) is 0 Å². The minimum Gasteiger partial charge on any atom is -0.467 e. The second-order valence-electron chi connectivity index (χ2n) is 5.14. The summed E-state index contributed by atoms with van der Waals surface area (Å²) in [6.07, 6.45) is -2.39. The van der Waals surface area contributed by atoms with Gasteiger partial charge in [-0.1, -0.05) is 0 Å². The molecule has 2 heterocycles. The van der Waals surface area contributed by atoms with Gasteiger partial charge in [0.1, 0.15) is 12.0 Å². The van der Waals surface area contributed by atoms with Gasteiger partial charge in [-0.2, -0.15) is 8.78 Å². The van der Waals surface area contributed by atoms with E-state index < -0.39 is 18.9 Å². The predicted octanol–water partition coefficient (Wildman–Crippen LogP) is 2.24. The van der Waals surface area contributed by atoms with Gasteiger partial charge in [-0.25, -0.2) is 8.78 Å². The van der Waals surface area contributed by atoms with Crippen LogP contribution in [-0.4, -0.2) is 60.8 Å². The van der Waals surface area contributed by atoms with Crippen molar-refractivity contribution in [2.45, 2.75) is 18.9 Å². The lowest BCUT2D eigenvalue weighted by molar-refractivity contribution is -0.144. The third kappa shape index (κ3) is 5.51. The second-order valence-corrected chi connectivity index (χ2v) is 5.14. The Hall–Kier alpha value is -1.03. The average molecular weight is 396 g/mol. The number of hydrogen-bond donors (Lipinski definition) is 1. The summed E-state index contributed by atoms with van der Waals surface area (Å²) in [5.41, 5.74) is 5.73. The molecule has 0 unspecified atom stereocenters. The maximum absolute atomic E-state index is 13.0. The molecule has 0 aliphatic carbocycles. The van der Waals surface area contributed by atoms with Gasteiger partial charge < -0.3 is 15.1 Å². The van der Waals surface area contributed by atoms with Crippen molar-refractivity contribution in [3.05, 3.63) is 23.7 Å². The predicted molar refractivity (Wildman–Crippen MR) is 84.4 cm³/mol. The molecule has 1 aromatic heterocycles. The van der Waals surface area contributed by atoms with Crippen LogP contribution in [0.4, 0.5) is 17.6 Å². The van der Waals surface area contributed by atoms with E-state index in [0.717, 1.165) is 0 Å². The fourth-order valence-electron chi connectivity index (χ4n) is 2.26. The van der Waals surface area contributed by atoms with Gasteiger partial charge in [-0.3, -0.25) is 9.69 Å². The summed E-state index contributed by atoms with van der Waals surface area (Å²) in [5.74, 6) is -3.85. The smallest absolute Gasteiger partial charge is 0.319 e. The van der Waals surface area contributed by atoms with Crippen LogP contribution in [0.1, 0.15) is 16.1 Å². The number of nitrogens with two attached hydrogens (primary N) is 1. The van der Waals surface area contributed by atoms with Crippen LogP contribution in [0.3, 0.4) is 0 Å². The van der Waals surface area contributed by atoms with Crippen LogP contribution in [0.2, 0.25) is 0 Å². The number of alkyl halides is 4. The van der Waals surface area contributed by atoms with Gasteiger partial charge in [0, 0.05) is 26.2 Å². The van der Waals surface area contributed by atoms with Crippen LogP contribution in [0.25, 0.3) is 0 Å². The Kier molecular flexibility index (Phi) is 9.05. The minimum atomic E-state index is -4.03. The zero-order valence-corrected chi connectivity index (χ0v) is 14.2. The fourth-order valence-corrected chi connectivity index (χ4v) is 2.26. The van der Waals surface area contributed by atoms with Crippen molar-refractivity contribution in [3.8, 4) is 0 Å². The number of piperazine rings is 1. The van der Waals surface area contributed by atoms with Gasteiger partial charge >= 0.3 is 12.3 Å². The van der Waals surface area contributed by atoms with Gasteiger partial charge in [-0.05, 0) is 6.07 Å². The van der Waals surface area contributed by atoms with Gasteiger partial charge in [0.05, 0.1) is 18.7 Å². The normalized spacial score (nSPS) is 15.8. The standard InChI is InChI=1S/C13H17F4N3O2.2ClH/c14-12(15)13(16,17)8-19-1-3-20(4-2-19)11(21)9-5-10(6-18)22-7-9;;/h5,7,12H,1-4,6,8,18H2;2*1H. The Morgan fingerprint density at radius 1 is 1.25 bits per heavy atom. The topological polar surface area (TPSA) is 62.7 Å². The molecule has 0 saturated carbocycles. The van der Waals surface area contributed by atoms with E-state index >= 15 is 0 Å². The molecule has 1 fully saturated rings. The van der Waals surface area contributed by atoms with E-state index in [-0.39, 0.29) is 63.4 Å². The van der Waals surface area contributed by atoms with E-state index in [1.165, 1.54) is 22.1 Å². The molecule has 24 heavy (non-hydrogen) atoms. The molecule has 0 bridgehead atoms. The summed E-state index contributed by atoms with van der Waals surface area (Å²) < 4.78 is 55.4. The lowest BCUT2D eigenvalue weighted by atomic mass is 10.2. The van der Waals surface area contributed by atoms with Crippen LogP contribution in [0.5, 0.6) is 0 Å². The molecule has 2 N–H and O–H groups in total. The molecule has 0 atom stereocenters. The number of rotatable bonds is 5. The molecule has 0 spiro atoms. The van der Waals surface area contributed by atoms with Gasteiger partial charge in [0.2, 0.25) is 0 Å². The highest BCUT2D eigenvalue weighted by atomic mass is 35.5. The zero-order chi connectivity index (χ0) is 16.3. The Morgan fingerprint density at radius 2 is 1.83 bits per heavy atom. The van der Waals surface area contributed by atoms with Crippen LogP contribution >= 0.6 is 24.8 Å². The molecule has 0 radical (unpaired) electrons. The quantitative estimate of drug-likeness (QED) is 0.776. The third-order valence-electron chi connectivity index (χ3n) is 3.52. The van der Waals surface area contributed by atoms with Crippen molar-refractivity contribution in [3.63, 3.8) is 0 Å². The van der Waals surface area contributed by atoms with Crippen LogP contribution in [-0.2, 0) is 6.54 Å². The maximum Gasteiger partial charge on any atom is 0.319 e. The van der Waals surface area contributed by atoms with E-state index in [2.05, 4.69) is 0 Å². The molecule has 1 aliphatic heterocycles. The fraction of sp³-hybridized carbons (Fsp3) is 0.615. The Bertz CT molecular complexity index is 523. The molecular formula is C13H19Cl2F4N3O2. The number of nitrogens with zero attached hydrogens (tertiary/aromatic N) is 2. The maximum atomic E-state index is 13.0. The highest BCUT2D eigenvalue weighted by Crippen LogP contribution is 2.24. The van der Waals surface area contributed by atoms with Gasteiger partial charge in [0.25, 0.3) is 5.91 Å². The van der Waals surface area contributed by atoms with Gasteiger partial charge in [0.15, 0.2) is 0 Å². The molecule has 5 nitrogen and oxygen atoms in total. The zero-order valence-electron chi connectivity index (χ0n) is 12.6. The van der Waals surface area contributed by atoms with Crippen molar-refractivity contribution in [1.29, 1.82) is 0 Å². The minimum absolute atomic E-state index is 0. The summed E-state index contributed by atoms with van der Waals surface area (Å²) in [5, 5.41) is 0. The number of halogens is 6. The van der Waals surface area contributed by atoms with Crippen LogP contribution in [0, 0.1) is 0 Å². The third-order valence-corrected chi connectivity index (χ3v) is 3.52. The lowest BCUT2D eigenvalue weighted by Crippen LogP contribution is -2.52. The first-order valence-electron chi connectivity index (χ1n) is 6.78. The molecule has 1 aromatic rings. The highest BCUT2D eigenvalue weighted by molar-refractivity contribution is 5.94. The van der Waals surface area contributed by atoms with E-state index in [4.69, 9.17) is 10.2 Å². The molecule has 1 saturated heterocycles. The van der Waals surface area contributed by atoms with Crippen molar-refractivity contribution in [1.82, 2.24) is 9.80 Å². The monoisotopic (exact) mass is 395 g/mol. The average Bonchev–Trinajstić information content (AvgIpc) is 2.95. The number of furan rings is 1. The number of carbonyl (C=O) groups is 1.